The summed E-state index contributed by atoms with van der Waals surface area (Å²) in [7, 11) is 1.65. The third-order valence-corrected chi connectivity index (χ3v) is 3.63. The number of aryl methyl sites for hydroxylation is 1. The first kappa shape index (κ1) is 13.6. The monoisotopic (exact) mass is 288 g/mol. The zero-order chi connectivity index (χ0) is 15.0. The zero-order valence-electron chi connectivity index (χ0n) is 11.7. The lowest BCUT2D eigenvalue weighted by Crippen LogP contribution is -2.35. The highest BCUT2D eigenvalue weighted by molar-refractivity contribution is 5.84. The van der Waals surface area contributed by atoms with Gasteiger partial charge in [-0.25, -0.2) is 9.78 Å². The minimum atomic E-state index is -0.245. The average Bonchev–Trinajstić information content (AvgIpc) is 2.72. The largest absolute Gasteiger partial charge is 0.344 e. The molecule has 7 heteroatoms. The number of hydroxylamine groups is 2. The summed E-state index contributed by atoms with van der Waals surface area (Å²) < 4.78 is 1.41. The van der Waals surface area contributed by atoms with Crippen molar-refractivity contribution in [3.8, 4) is 0 Å². The molecule has 0 radical (unpaired) electrons. The predicted octanol–water partition coefficient (Wildman–Crippen LogP) is 0.401. The molecule has 1 aromatic heterocycles. The van der Waals surface area contributed by atoms with E-state index in [-0.39, 0.29) is 24.2 Å². The number of carbonyl (C=O) groups excluding carboxylic acids is 1. The average molecular weight is 288 g/mol. The van der Waals surface area contributed by atoms with Crippen molar-refractivity contribution in [2.45, 2.75) is 6.04 Å². The number of carbonyl (C=O) groups is 1. The number of urea groups is 1. The van der Waals surface area contributed by atoms with Crippen LogP contribution in [0, 0.1) is 0 Å². The lowest BCUT2D eigenvalue weighted by Gasteiger charge is -2.24. The molecule has 2 aliphatic heterocycles. The molecule has 1 fully saturated rings. The van der Waals surface area contributed by atoms with Gasteiger partial charge < -0.3 is 9.47 Å². The van der Waals surface area contributed by atoms with Gasteiger partial charge in [0.25, 0.3) is 5.56 Å². The molecule has 2 amide bonds. The van der Waals surface area contributed by atoms with Crippen LogP contribution in [0.2, 0.25) is 0 Å². The summed E-state index contributed by atoms with van der Waals surface area (Å²) in [5, 5.41) is 1.35. The van der Waals surface area contributed by atoms with Crippen molar-refractivity contribution in [1.82, 2.24) is 19.5 Å². The van der Waals surface area contributed by atoms with Crippen molar-refractivity contribution in [2.75, 3.05) is 19.7 Å². The molecule has 1 saturated heterocycles. The van der Waals surface area contributed by atoms with Gasteiger partial charge in [-0.3, -0.25) is 9.63 Å². The highest BCUT2D eigenvalue weighted by Crippen LogP contribution is 2.31. The molecular formula is C14H16N4O3. The maximum absolute atomic E-state index is 12.2. The molecule has 7 nitrogen and oxygen atoms in total. The van der Waals surface area contributed by atoms with E-state index in [2.05, 4.69) is 11.6 Å². The van der Waals surface area contributed by atoms with Crippen LogP contribution in [-0.4, -0.2) is 51.3 Å². The summed E-state index contributed by atoms with van der Waals surface area (Å²) in [5.41, 5.74) is 1.30. The molecular weight excluding hydrogens is 272 g/mol. The molecule has 3 rings (SSSR count). The highest BCUT2D eigenvalue weighted by atomic mass is 16.7. The maximum Gasteiger partial charge on any atom is 0.344 e. The van der Waals surface area contributed by atoms with Gasteiger partial charge in [-0.15, -0.1) is 6.58 Å². The molecule has 0 aliphatic carbocycles. The van der Waals surface area contributed by atoms with E-state index in [9.17, 15) is 9.59 Å². The lowest BCUT2D eigenvalue weighted by molar-refractivity contribution is -0.105. The summed E-state index contributed by atoms with van der Waals surface area (Å²) in [4.78, 5) is 35.4. The Balaban J connectivity index is 1.94. The van der Waals surface area contributed by atoms with E-state index in [1.807, 2.05) is 6.08 Å². The number of fused-ring (bicyclic) bond motifs is 2. The van der Waals surface area contributed by atoms with Gasteiger partial charge >= 0.3 is 6.03 Å². The van der Waals surface area contributed by atoms with Gasteiger partial charge in [0, 0.05) is 25.2 Å². The van der Waals surface area contributed by atoms with Crippen molar-refractivity contribution in [2.24, 2.45) is 7.05 Å². The normalized spacial score (nSPS) is 20.7. The second-order valence-corrected chi connectivity index (χ2v) is 5.00. The van der Waals surface area contributed by atoms with Crippen molar-refractivity contribution >= 4 is 11.6 Å². The fourth-order valence-electron chi connectivity index (χ4n) is 2.53. The summed E-state index contributed by atoms with van der Waals surface area (Å²) >= 11 is 0. The van der Waals surface area contributed by atoms with Gasteiger partial charge in [-0.2, -0.15) is 5.06 Å². The van der Waals surface area contributed by atoms with E-state index in [0.717, 1.165) is 5.57 Å². The predicted molar refractivity (Wildman–Crippen MR) is 76.2 cm³/mol. The number of rotatable bonds is 4. The first-order valence-corrected chi connectivity index (χ1v) is 6.67. The van der Waals surface area contributed by atoms with Crippen LogP contribution < -0.4 is 5.56 Å². The number of aromatic nitrogens is 2. The quantitative estimate of drug-likeness (QED) is 0.752. The molecule has 2 bridgehead atoms. The summed E-state index contributed by atoms with van der Waals surface area (Å²) in [6.45, 7) is 4.88. The fraction of sp³-hybridized carbons (Fsp3) is 0.357. The van der Waals surface area contributed by atoms with Crippen LogP contribution in [0.4, 0.5) is 4.79 Å². The Morgan fingerprint density at radius 2 is 2.33 bits per heavy atom. The van der Waals surface area contributed by atoms with Gasteiger partial charge in [0.05, 0.1) is 25.2 Å². The molecule has 3 heterocycles. The minimum Gasteiger partial charge on any atom is -0.317 e. The minimum absolute atomic E-state index is 0.133. The van der Waals surface area contributed by atoms with Crippen molar-refractivity contribution in [1.29, 1.82) is 0 Å². The molecule has 2 aliphatic rings. The van der Waals surface area contributed by atoms with Gasteiger partial charge in [-0.05, 0) is 0 Å². The molecule has 1 unspecified atom stereocenters. The lowest BCUT2D eigenvalue weighted by atomic mass is 10.0. The molecule has 1 aromatic rings. The van der Waals surface area contributed by atoms with Gasteiger partial charge in [0.15, 0.2) is 0 Å². The van der Waals surface area contributed by atoms with Crippen LogP contribution in [-0.2, 0) is 11.9 Å². The SMILES string of the molecule is C=CCON1C(=O)N2CC=C(c3cc(=O)n(C)cn3)C1C2. The molecule has 21 heavy (non-hydrogen) atoms. The van der Waals surface area contributed by atoms with E-state index in [1.165, 1.54) is 22.0 Å². The Labute approximate surface area is 121 Å². The first-order valence-electron chi connectivity index (χ1n) is 6.67. The standard InChI is InChI=1S/C14H16N4O3/c1-3-6-21-18-12-8-17(14(18)20)5-4-10(12)11-7-13(19)16(2)9-15-11/h3-4,7,9,12H,1,5-6,8H2,2H3. The Hall–Kier alpha value is -2.41. The topological polar surface area (TPSA) is 67.7 Å². The van der Waals surface area contributed by atoms with E-state index >= 15 is 0 Å². The third-order valence-electron chi connectivity index (χ3n) is 3.63. The second kappa shape index (κ2) is 5.17. The summed E-state index contributed by atoms with van der Waals surface area (Å²) in [6.07, 6.45) is 4.99. The van der Waals surface area contributed by atoms with Crippen LogP contribution >= 0.6 is 0 Å². The Kier molecular flexibility index (Phi) is 3.34. The van der Waals surface area contributed by atoms with Crippen molar-refractivity contribution in [3.63, 3.8) is 0 Å². The van der Waals surface area contributed by atoms with Gasteiger partial charge in [0.2, 0.25) is 0 Å². The number of hydrogen-bond donors (Lipinski definition) is 0. The Morgan fingerprint density at radius 1 is 1.52 bits per heavy atom. The van der Waals surface area contributed by atoms with Crippen LogP contribution in [0.1, 0.15) is 5.69 Å². The molecule has 1 atom stereocenters. The molecule has 0 N–H and O–H groups in total. The van der Waals surface area contributed by atoms with E-state index in [0.29, 0.717) is 18.8 Å². The summed E-state index contributed by atoms with van der Waals surface area (Å²) in [5.74, 6) is 0. The number of amides is 2. The van der Waals surface area contributed by atoms with Crippen LogP contribution in [0.5, 0.6) is 0 Å². The van der Waals surface area contributed by atoms with Crippen LogP contribution in [0.25, 0.3) is 5.57 Å². The van der Waals surface area contributed by atoms with Crippen molar-refractivity contribution in [3.05, 3.63) is 47.2 Å². The third kappa shape index (κ3) is 2.25. The highest BCUT2D eigenvalue weighted by Gasteiger charge is 2.43. The van der Waals surface area contributed by atoms with Gasteiger partial charge in [-0.1, -0.05) is 12.2 Å². The summed E-state index contributed by atoms with van der Waals surface area (Å²) in [6, 6.07) is 1.07. The Bertz CT molecular complexity index is 679. The number of nitrogens with zero attached hydrogens (tertiary/aromatic N) is 4. The van der Waals surface area contributed by atoms with Crippen LogP contribution in [0.3, 0.4) is 0 Å². The molecule has 0 aromatic carbocycles. The first-order chi connectivity index (χ1) is 10.1. The fourth-order valence-corrected chi connectivity index (χ4v) is 2.53. The molecule has 0 spiro atoms. The van der Waals surface area contributed by atoms with E-state index in [1.54, 1.807) is 18.0 Å². The zero-order valence-corrected chi connectivity index (χ0v) is 11.7. The van der Waals surface area contributed by atoms with Crippen LogP contribution in [0.15, 0.2) is 35.9 Å². The Morgan fingerprint density at radius 3 is 3.05 bits per heavy atom. The van der Waals surface area contributed by atoms with E-state index in [4.69, 9.17) is 4.84 Å². The van der Waals surface area contributed by atoms with E-state index < -0.39 is 0 Å². The van der Waals surface area contributed by atoms with Gasteiger partial charge in [0.1, 0.15) is 6.04 Å². The smallest absolute Gasteiger partial charge is 0.317 e. The maximum atomic E-state index is 12.2. The molecule has 110 valence electrons. The second-order valence-electron chi connectivity index (χ2n) is 5.00. The molecule has 0 saturated carbocycles. The number of hydrogen-bond acceptors (Lipinski definition) is 4. The van der Waals surface area contributed by atoms with Crippen molar-refractivity contribution < 1.29 is 9.63 Å².